The Balaban J connectivity index is 1.86. The summed E-state index contributed by atoms with van der Waals surface area (Å²) in [4.78, 5) is 0. The van der Waals surface area contributed by atoms with E-state index in [4.69, 9.17) is 0 Å². The quantitative estimate of drug-likeness (QED) is 0.815. The average molecular weight is 217 g/mol. The van der Waals surface area contributed by atoms with Crippen LogP contribution < -0.4 is 5.32 Å². The Kier molecular flexibility index (Phi) is 3.65. The van der Waals surface area contributed by atoms with Gasteiger partial charge in [-0.05, 0) is 50.1 Å². The molecule has 16 heavy (non-hydrogen) atoms. The minimum absolute atomic E-state index is 0.559. The summed E-state index contributed by atoms with van der Waals surface area (Å²) in [6, 6.07) is 11.6. The minimum atomic E-state index is 0.559. The van der Waals surface area contributed by atoms with E-state index < -0.39 is 0 Å². The standard InChI is InChI=1S/C15H23N/c1-15(11-9-14(12-15)16-2)10-8-13-6-4-3-5-7-13/h3-7,14,16H,8-12H2,1-2H3. The molecule has 1 fully saturated rings. The first-order valence-corrected chi connectivity index (χ1v) is 6.43. The monoisotopic (exact) mass is 217 g/mol. The molecule has 1 N–H and O–H groups in total. The molecular weight excluding hydrogens is 194 g/mol. The highest BCUT2D eigenvalue weighted by molar-refractivity contribution is 5.15. The third-order valence-corrected chi connectivity index (χ3v) is 4.10. The van der Waals surface area contributed by atoms with Gasteiger partial charge in [-0.3, -0.25) is 0 Å². The van der Waals surface area contributed by atoms with E-state index in [1.165, 1.54) is 37.7 Å². The van der Waals surface area contributed by atoms with Crippen molar-refractivity contribution < 1.29 is 0 Å². The number of aryl methyl sites for hydroxylation is 1. The van der Waals surface area contributed by atoms with Gasteiger partial charge < -0.3 is 5.32 Å². The van der Waals surface area contributed by atoms with E-state index >= 15 is 0 Å². The fourth-order valence-corrected chi connectivity index (χ4v) is 2.89. The molecule has 1 aromatic rings. The summed E-state index contributed by atoms with van der Waals surface area (Å²) in [5.41, 5.74) is 2.04. The van der Waals surface area contributed by atoms with E-state index in [0.717, 1.165) is 6.04 Å². The van der Waals surface area contributed by atoms with Crippen LogP contribution in [0.5, 0.6) is 0 Å². The highest BCUT2D eigenvalue weighted by Gasteiger charge is 2.33. The summed E-state index contributed by atoms with van der Waals surface area (Å²) in [5, 5.41) is 3.42. The van der Waals surface area contributed by atoms with Crippen molar-refractivity contribution in [3.8, 4) is 0 Å². The second-order valence-electron chi connectivity index (χ2n) is 5.52. The number of rotatable bonds is 4. The van der Waals surface area contributed by atoms with Gasteiger partial charge in [0.15, 0.2) is 0 Å². The molecule has 0 bridgehead atoms. The van der Waals surface area contributed by atoms with E-state index in [9.17, 15) is 0 Å². The topological polar surface area (TPSA) is 12.0 Å². The highest BCUT2D eigenvalue weighted by Crippen LogP contribution is 2.41. The van der Waals surface area contributed by atoms with Gasteiger partial charge in [0.2, 0.25) is 0 Å². The molecule has 1 saturated carbocycles. The fourth-order valence-electron chi connectivity index (χ4n) is 2.89. The van der Waals surface area contributed by atoms with Crippen LogP contribution in [0.1, 0.15) is 38.2 Å². The second-order valence-corrected chi connectivity index (χ2v) is 5.52. The number of nitrogens with one attached hydrogen (secondary N) is 1. The zero-order chi connectivity index (χ0) is 11.4. The number of benzene rings is 1. The second kappa shape index (κ2) is 5.01. The summed E-state index contributed by atoms with van der Waals surface area (Å²) >= 11 is 0. The van der Waals surface area contributed by atoms with Gasteiger partial charge in [0, 0.05) is 6.04 Å². The summed E-state index contributed by atoms with van der Waals surface area (Å²) in [6.07, 6.45) is 6.63. The SMILES string of the molecule is CNC1CCC(C)(CCc2ccccc2)C1. The Morgan fingerprint density at radius 1 is 1.31 bits per heavy atom. The Hall–Kier alpha value is -0.820. The summed E-state index contributed by atoms with van der Waals surface area (Å²) in [6.45, 7) is 2.45. The van der Waals surface area contributed by atoms with Gasteiger partial charge >= 0.3 is 0 Å². The predicted octanol–water partition coefficient (Wildman–Crippen LogP) is 3.40. The molecule has 0 aromatic heterocycles. The molecule has 0 radical (unpaired) electrons. The van der Waals surface area contributed by atoms with E-state index in [0.29, 0.717) is 5.41 Å². The molecule has 2 rings (SSSR count). The van der Waals surface area contributed by atoms with Gasteiger partial charge in [-0.2, -0.15) is 0 Å². The van der Waals surface area contributed by atoms with E-state index in [1.54, 1.807) is 0 Å². The Morgan fingerprint density at radius 2 is 2.06 bits per heavy atom. The Bertz CT molecular complexity index is 319. The molecule has 1 nitrogen and oxygen atoms in total. The fraction of sp³-hybridized carbons (Fsp3) is 0.600. The van der Waals surface area contributed by atoms with Crippen LogP contribution in [0.4, 0.5) is 0 Å². The third-order valence-electron chi connectivity index (χ3n) is 4.10. The van der Waals surface area contributed by atoms with Crippen LogP contribution in [-0.4, -0.2) is 13.1 Å². The molecule has 1 aromatic carbocycles. The maximum Gasteiger partial charge on any atom is 0.00694 e. The number of hydrogen-bond acceptors (Lipinski definition) is 1. The van der Waals surface area contributed by atoms with Crippen LogP contribution in [0, 0.1) is 5.41 Å². The highest BCUT2D eigenvalue weighted by atomic mass is 14.9. The predicted molar refractivity (Wildman–Crippen MR) is 69.6 cm³/mol. The average Bonchev–Trinajstić information content (AvgIpc) is 2.71. The lowest BCUT2D eigenvalue weighted by molar-refractivity contribution is 0.300. The van der Waals surface area contributed by atoms with Crippen molar-refractivity contribution in [2.75, 3.05) is 7.05 Å². The first-order valence-electron chi connectivity index (χ1n) is 6.43. The third kappa shape index (κ3) is 2.85. The van der Waals surface area contributed by atoms with Gasteiger partial charge in [-0.15, -0.1) is 0 Å². The van der Waals surface area contributed by atoms with Crippen molar-refractivity contribution in [2.45, 2.75) is 45.1 Å². The number of hydrogen-bond donors (Lipinski definition) is 1. The van der Waals surface area contributed by atoms with Crippen LogP contribution in [0.2, 0.25) is 0 Å². The van der Waals surface area contributed by atoms with Crippen LogP contribution in [-0.2, 0) is 6.42 Å². The zero-order valence-electron chi connectivity index (χ0n) is 10.5. The molecule has 1 aliphatic rings. The first kappa shape index (κ1) is 11.7. The maximum absolute atomic E-state index is 3.42. The lowest BCUT2D eigenvalue weighted by Gasteiger charge is -2.24. The maximum atomic E-state index is 3.42. The van der Waals surface area contributed by atoms with Crippen LogP contribution in [0.15, 0.2) is 30.3 Å². The molecule has 2 atom stereocenters. The Morgan fingerprint density at radius 3 is 2.69 bits per heavy atom. The molecule has 0 saturated heterocycles. The summed E-state index contributed by atoms with van der Waals surface area (Å²) in [5.74, 6) is 0. The molecule has 2 unspecified atom stereocenters. The summed E-state index contributed by atoms with van der Waals surface area (Å²) < 4.78 is 0. The molecule has 0 amide bonds. The Labute approximate surface area is 99.3 Å². The zero-order valence-corrected chi connectivity index (χ0v) is 10.5. The van der Waals surface area contributed by atoms with Gasteiger partial charge in [0.25, 0.3) is 0 Å². The van der Waals surface area contributed by atoms with Crippen LogP contribution in [0.25, 0.3) is 0 Å². The van der Waals surface area contributed by atoms with E-state index in [-0.39, 0.29) is 0 Å². The van der Waals surface area contributed by atoms with Crippen molar-refractivity contribution in [3.63, 3.8) is 0 Å². The van der Waals surface area contributed by atoms with Crippen molar-refractivity contribution >= 4 is 0 Å². The van der Waals surface area contributed by atoms with Crippen molar-refractivity contribution in [3.05, 3.63) is 35.9 Å². The van der Waals surface area contributed by atoms with Crippen LogP contribution >= 0.6 is 0 Å². The summed E-state index contributed by atoms with van der Waals surface area (Å²) in [7, 11) is 2.09. The minimum Gasteiger partial charge on any atom is -0.317 e. The largest absolute Gasteiger partial charge is 0.317 e. The van der Waals surface area contributed by atoms with Crippen molar-refractivity contribution in [1.82, 2.24) is 5.32 Å². The normalized spacial score (nSPS) is 29.5. The van der Waals surface area contributed by atoms with E-state index in [1.807, 2.05) is 0 Å². The van der Waals surface area contributed by atoms with Crippen molar-refractivity contribution in [2.24, 2.45) is 5.41 Å². The van der Waals surface area contributed by atoms with Gasteiger partial charge in [-0.1, -0.05) is 37.3 Å². The van der Waals surface area contributed by atoms with Gasteiger partial charge in [0.1, 0.15) is 0 Å². The lowest BCUT2D eigenvalue weighted by atomic mass is 9.82. The first-order chi connectivity index (χ1) is 7.72. The molecule has 0 spiro atoms. The van der Waals surface area contributed by atoms with Crippen LogP contribution in [0.3, 0.4) is 0 Å². The molecule has 88 valence electrons. The van der Waals surface area contributed by atoms with Gasteiger partial charge in [0.05, 0.1) is 0 Å². The van der Waals surface area contributed by atoms with Crippen molar-refractivity contribution in [1.29, 1.82) is 0 Å². The molecule has 1 heteroatoms. The lowest BCUT2D eigenvalue weighted by Crippen LogP contribution is -2.23. The molecule has 0 aliphatic heterocycles. The molecule has 0 heterocycles. The molecule has 1 aliphatic carbocycles. The van der Waals surface area contributed by atoms with E-state index in [2.05, 4.69) is 49.6 Å². The van der Waals surface area contributed by atoms with Gasteiger partial charge in [-0.25, -0.2) is 0 Å². The smallest absolute Gasteiger partial charge is 0.00694 e. The molecular formula is C15H23N.